The number of methoxy groups -OCH3 is 2. The number of aryl methyl sites for hydroxylation is 1. The molecule has 0 spiro atoms. The highest BCUT2D eigenvalue weighted by molar-refractivity contribution is 5.95. The summed E-state index contributed by atoms with van der Waals surface area (Å²) < 4.78 is 16.7. The molecular weight excluding hydrogens is 264 g/mol. The van der Waals surface area contributed by atoms with Crippen molar-refractivity contribution in [3.05, 3.63) is 54.3 Å². The average Bonchev–Trinajstić information content (AvgIpc) is 2.53. The van der Waals surface area contributed by atoms with Gasteiger partial charge in [-0.15, -0.1) is 0 Å². The van der Waals surface area contributed by atoms with Gasteiger partial charge in [0.15, 0.2) is 11.5 Å². The number of hydrogen-bond acceptors (Lipinski definition) is 2. The molecular formula is C18H17O3+. The molecule has 3 nitrogen and oxygen atoms in total. The number of fused-ring (bicyclic) bond motifs is 1. The summed E-state index contributed by atoms with van der Waals surface area (Å²) >= 11 is 0. The van der Waals surface area contributed by atoms with Gasteiger partial charge in [-0.2, -0.15) is 0 Å². The van der Waals surface area contributed by atoms with Gasteiger partial charge in [0.25, 0.3) is 0 Å². The van der Waals surface area contributed by atoms with Crippen LogP contribution >= 0.6 is 0 Å². The molecule has 0 saturated carbocycles. The minimum absolute atomic E-state index is 0.696. The Bertz CT molecular complexity index is 779. The van der Waals surface area contributed by atoms with E-state index < -0.39 is 0 Å². The van der Waals surface area contributed by atoms with E-state index in [4.69, 9.17) is 13.9 Å². The highest BCUT2D eigenvalue weighted by atomic mass is 16.5. The van der Waals surface area contributed by atoms with E-state index in [9.17, 15) is 0 Å². The maximum atomic E-state index is 5.95. The second kappa shape index (κ2) is 5.44. The highest BCUT2D eigenvalue weighted by Crippen LogP contribution is 2.37. The van der Waals surface area contributed by atoms with Gasteiger partial charge in [0.2, 0.25) is 0 Å². The molecule has 2 aromatic carbocycles. The minimum atomic E-state index is 0.696. The molecule has 21 heavy (non-hydrogen) atoms. The normalized spacial score (nSPS) is 10.6. The third-order valence-corrected chi connectivity index (χ3v) is 3.46. The molecule has 106 valence electrons. The van der Waals surface area contributed by atoms with Crippen LogP contribution in [0.5, 0.6) is 11.5 Å². The van der Waals surface area contributed by atoms with Crippen molar-refractivity contribution >= 4 is 10.8 Å². The van der Waals surface area contributed by atoms with E-state index in [1.54, 1.807) is 14.2 Å². The summed E-state index contributed by atoms with van der Waals surface area (Å²) in [7, 11) is 3.28. The van der Waals surface area contributed by atoms with Crippen molar-refractivity contribution in [3.8, 4) is 22.8 Å². The van der Waals surface area contributed by atoms with Crippen molar-refractivity contribution in [1.29, 1.82) is 0 Å². The standard InChI is InChI=1S/C18H17O3/c1-12-9-14-10-16(19-2)17(20-3)11-15(14)18(21-12)13-7-5-4-6-8-13/h4-11H,1-3H3/q+1. The lowest BCUT2D eigenvalue weighted by atomic mass is 10.0. The lowest BCUT2D eigenvalue weighted by molar-refractivity contribution is 0.355. The number of benzene rings is 2. The monoisotopic (exact) mass is 281 g/mol. The van der Waals surface area contributed by atoms with E-state index in [0.29, 0.717) is 5.75 Å². The molecule has 0 atom stereocenters. The van der Waals surface area contributed by atoms with Crippen LogP contribution in [0, 0.1) is 6.92 Å². The Balaban J connectivity index is 2.34. The molecule has 0 bridgehead atoms. The first-order valence-corrected chi connectivity index (χ1v) is 6.78. The fourth-order valence-electron chi connectivity index (χ4n) is 2.48. The van der Waals surface area contributed by atoms with E-state index in [2.05, 4.69) is 0 Å². The maximum absolute atomic E-state index is 5.95. The molecule has 0 aliphatic heterocycles. The van der Waals surface area contributed by atoms with Crippen molar-refractivity contribution < 1.29 is 13.9 Å². The zero-order chi connectivity index (χ0) is 14.8. The third-order valence-electron chi connectivity index (χ3n) is 3.46. The van der Waals surface area contributed by atoms with E-state index in [0.717, 1.165) is 33.6 Å². The van der Waals surface area contributed by atoms with E-state index >= 15 is 0 Å². The predicted octanol–water partition coefficient (Wildman–Crippen LogP) is 4.71. The van der Waals surface area contributed by atoms with Gasteiger partial charge in [-0.3, -0.25) is 0 Å². The second-order valence-electron chi connectivity index (χ2n) is 4.85. The molecule has 1 heterocycles. The van der Waals surface area contributed by atoms with E-state index in [1.165, 1.54) is 0 Å². The molecule has 3 rings (SSSR count). The van der Waals surface area contributed by atoms with Crippen LogP contribution in [-0.4, -0.2) is 14.2 Å². The zero-order valence-corrected chi connectivity index (χ0v) is 12.3. The predicted molar refractivity (Wildman–Crippen MR) is 83.9 cm³/mol. The third kappa shape index (κ3) is 2.42. The Labute approximate surface area is 123 Å². The molecule has 0 N–H and O–H groups in total. The molecule has 0 fully saturated rings. The first-order chi connectivity index (χ1) is 10.2. The molecule has 1 aromatic heterocycles. The van der Waals surface area contributed by atoms with Gasteiger partial charge in [-0.25, -0.2) is 4.42 Å². The molecule has 3 aromatic rings. The number of rotatable bonds is 3. The van der Waals surface area contributed by atoms with Crippen molar-refractivity contribution in [3.63, 3.8) is 0 Å². The van der Waals surface area contributed by atoms with Gasteiger partial charge in [0.05, 0.1) is 32.1 Å². The van der Waals surface area contributed by atoms with Gasteiger partial charge < -0.3 is 9.47 Å². The lowest BCUT2D eigenvalue weighted by Crippen LogP contribution is -1.92. The van der Waals surface area contributed by atoms with Gasteiger partial charge in [-0.1, -0.05) is 18.2 Å². The summed E-state index contributed by atoms with van der Waals surface area (Å²) in [6.45, 7) is 1.95. The highest BCUT2D eigenvalue weighted by Gasteiger charge is 2.21. The van der Waals surface area contributed by atoms with Crippen LogP contribution in [0.3, 0.4) is 0 Å². The lowest BCUT2D eigenvalue weighted by Gasteiger charge is -2.08. The Morgan fingerprint density at radius 1 is 0.857 bits per heavy atom. The summed E-state index contributed by atoms with van der Waals surface area (Å²) in [6.07, 6.45) is 0. The van der Waals surface area contributed by atoms with Crippen LogP contribution in [0.15, 0.2) is 52.9 Å². The summed E-state index contributed by atoms with van der Waals surface area (Å²) in [5, 5.41) is 2.07. The molecule has 0 saturated heterocycles. The van der Waals surface area contributed by atoms with Crippen LogP contribution in [0.25, 0.3) is 22.1 Å². The van der Waals surface area contributed by atoms with Crippen LogP contribution in [0.2, 0.25) is 0 Å². The van der Waals surface area contributed by atoms with Crippen LogP contribution < -0.4 is 9.47 Å². The van der Waals surface area contributed by atoms with Crippen molar-refractivity contribution in [2.75, 3.05) is 14.2 Å². The van der Waals surface area contributed by atoms with Crippen molar-refractivity contribution in [2.45, 2.75) is 6.92 Å². The van der Waals surface area contributed by atoms with Crippen LogP contribution in [-0.2, 0) is 0 Å². The Hall–Kier alpha value is -2.55. The van der Waals surface area contributed by atoms with Gasteiger partial charge in [0, 0.05) is 17.5 Å². The van der Waals surface area contributed by atoms with Gasteiger partial charge in [-0.05, 0) is 18.2 Å². The Morgan fingerprint density at radius 2 is 1.52 bits per heavy atom. The fourth-order valence-corrected chi connectivity index (χ4v) is 2.48. The van der Waals surface area contributed by atoms with E-state index in [-0.39, 0.29) is 0 Å². The molecule has 0 amide bonds. The van der Waals surface area contributed by atoms with E-state index in [1.807, 2.05) is 55.5 Å². The quantitative estimate of drug-likeness (QED) is 0.651. The Kier molecular flexibility index (Phi) is 3.48. The molecule has 0 aliphatic rings. The average molecular weight is 281 g/mol. The Morgan fingerprint density at radius 3 is 2.19 bits per heavy atom. The maximum Gasteiger partial charge on any atom is 0.368 e. The number of hydrogen-bond donors (Lipinski definition) is 0. The van der Waals surface area contributed by atoms with Gasteiger partial charge in [0.1, 0.15) is 0 Å². The molecule has 0 unspecified atom stereocenters. The number of ether oxygens (including phenoxy) is 2. The summed E-state index contributed by atoms with van der Waals surface area (Å²) in [5.74, 6) is 3.11. The molecule has 3 heteroatoms. The minimum Gasteiger partial charge on any atom is -0.493 e. The van der Waals surface area contributed by atoms with Crippen molar-refractivity contribution in [2.24, 2.45) is 0 Å². The zero-order valence-electron chi connectivity index (χ0n) is 12.3. The first kappa shape index (κ1) is 13.4. The smallest absolute Gasteiger partial charge is 0.368 e. The van der Waals surface area contributed by atoms with Crippen LogP contribution in [0.1, 0.15) is 5.76 Å². The molecule has 0 aliphatic carbocycles. The topological polar surface area (TPSA) is 29.8 Å². The van der Waals surface area contributed by atoms with Gasteiger partial charge >= 0.3 is 11.5 Å². The summed E-state index contributed by atoms with van der Waals surface area (Å²) in [4.78, 5) is 0. The summed E-state index contributed by atoms with van der Waals surface area (Å²) in [5.41, 5.74) is 1.04. The summed E-state index contributed by atoms with van der Waals surface area (Å²) in [6, 6.07) is 16.0. The SMILES string of the molecule is COc1cc2cc(C)[o+]c(-c3ccccc3)c2cc1OC. The van der Waals surface area contributed by atoms with Crippen molar-refractivity contribution in [1.82, 2.24) is 0 Å². The first-order valence-electron chi connectivity index (χ1n) is 6.78. The molecule has 0 radical (unpaired) electrons. The fraction of sp³-hybridized carbons (Fsp3) is 0.167. The second-order valence-corrected chi connectivity index (χ2v) is 4.85. The largest absolute Gasteiger partial charge is 0.493 e. The van der Waals surface area contributed by atoms with Crippen LogP contribution in [0.4, 0.5) is 0 Å².